The Hall–Kier alpha value is -1.45. The summed E-state index contributed by atoms with van der Waals surface area (Å²) in [5.74, 6) is -0.0579. The van der Waals surface area contributed by atoms with E-state index >= 15 is 0 Å². The van der Waals surface area contributed by atoms with Crippen molar-refractivity contribution in [2.75, 3.05) is 0 Å². The number of hydrogen-bond acceptors (Lipinski definition) is 3. The van der Waals surface area contributed by atoms with Crippen LogP contribution in [0.25, 0.3) is 0 Å². The van der Waals surface area contributed by atoms with Gasteiger partial charge in [0, 0.05) is 24.7 Å². The molecule has 0 aromatic heterocycles. The molecule has 0 fully saturated rings. The van der Waals surface area contributed by atoms with Gasteiger partial charge in [-0.3, -0.25) is 4.79 Å². The number of hydrogen-bond donors (Lipinski definition) is 2. The number of fused-ring (bicyclic) bond motifs is 1. The van der Waals surface area contributed by atoms with Crippen molar-refractivity contribution < 1.29 is 4.79 Å². The lowest BCUT2D eigenvalue weighted by atomic mass is 10.4. The van der Waals surface area contributed by atoms with Crippen molar-refractivity contribution in [3.8, 4) is 0 Å². The average Bonchev–Trinajstić information content (AvgIpc) is 2.33. The molecule has 0 aromatic rings. The molecule has 52 valence electrons. The second kappa shape index (κ2) is 1.76. The largest absolute Gasteiger partial charge is 0.353 e. The molecule has 2 aliphatic heterocycles. The Bertz CT molecular complexity index is 221. The molecule has 0 saturated heterocycles. The van der Waals surface area contributed by atoms with Crippen LogP contribution in [-0.4, -0.2) is 17.1 Å². The molecule has 1 amide bonds. The van der Waals surface area contributed by atoms with Crippen molar-refractivity contribution in [2.45, 2.75) is 6.29 Å². The third kappa shape index (κ3) is 0.655. The Kier molecular flexibility index (Phi) is 0.943. The highest BCUT2D eigenvalue weighted by atomic mass is 16.2. The van der Waals surface area contributed by atoms with E-state index in [9.17, 15) is 4.79 Å². The van der Waals surface area contributed by atoms with Crippen LogP contribution in [0.2, 0.25) is 0 Å². The highest BCUT2D eigenvalue weighted by molar-refractivity contribution is 5.88. The van der Waals surface area contributed by atoms with Crippen LogP contribution >= 0.6 is 0 Å². The molecule has 2 heterocycles. The molecule has 1 atom stereocenters. The van der Waals surface area contributed by atoms with Crippen LogP contribution in [0.1, 0.15) is 0 Å². The van der Waals surface area contributed by atoms with Gasteiger partial charge in [0.2, 0.25) is 5.91 Å². The van der Waals surface area contributed by atoms with Gasteiger partial charge >= 0.3 is 0 Å². The standard InChI is InChI=1S/C6H7N3O/c10-5-1-3-9-4-2-7-6(9)8-5/h1-4,6-7H,(H,8,10). The van der Waals surface area contributed by atoms with E-state index in [2.05, 4.69) is 10.6 Å². The van der Waals surface area contributed by atoms with Crippen LogP contribution in [0.15, 0.2) is 24.7 Å². The van der Waals surface area contributed by atoms with Crippen molar-refractivity contribution in [1.82, 2.24) is 15.5 Å². The minimum Gasteiger partial charge on any atom is -0.353 e. The maximum absolute atomic E-state index is 10.7. The van der Waals surface area contributed by atoms with E-state index in [0.29, 0.717) is 0 Å². The van der Waals surface area contributed by atoms with E-state index in [1.54, 1.807) is 12.4 Å². The molecule has 0 spiro atoms. The van der Waals surface area contributed by atoms with Gasteiger partial charge in [0.05, 0.1) is 0 Å². The van der Waals surface area contributed by atoms with Gasteiger partial charge < -0.3 is 15.5 Å². The molecule has 0 aromatic carbocycles. The first-order chi connectivity index (χ1) is 4.86. The zero-order valence-corrected chi connectivity index (χ0v) is 5.24. The molecule has 2 N–H and O–H groups in total. The normalized spacial score (nSPS) is 27.8. The number of rotatable bonds is 0. The smallest absolute Gasteiger partial charge is 0.248 e. The van der Waals surface area contributed by atoms with E-state index in [4.69, 9.17) is 0 Å². The summed E-state index contributed by atoms with van der Waals surface area (Å²) in [4.78, 5) is 12.6. The summed E-state index contributed by atoms with van der Waals surface area (Å²) in [5.41, 5.74) is 0. The lowest BCUT2D eigenvalue weighted by Gasteiger charge is -2.25. The summed E-state index contributed by atoms with van der Waals surface area (Å²) in [7, 11) is 0. The Morgan fingerprint density at radius 2 is 2.40 bits per heavy atom. The first-order valence-electron chi connectivity index (χ1n) is 3.05. The quantitative estimate of drug-likeness (QED) is 0.463. The molecule has 2 aliphatic rings. The molecule has 10 heavy (non-hydrogen) atoms. The first kappa shape index (κ1) is 5.34. The summed E-state index contributed by atoms with van der Waals surface area (Å²) in [5, 5.41) is 5.66. The predicted molar refractivity (Wildman–Crippen MR) is 35.2 cm³/mol. The fourth-order valence-corrected chi connectivity index (χ4v) is 0.981. The average molecular weight is 137 g/mol. The zero-order valence-electron chi connectivity index (χ0n) is 5.24. The van der Waals surface area contributed by atoms with Crippen molar-refractivity contribution in [2.24, 2.45) is 0 Å². The predicted octanol–water partition coefficient (Wildman–Crippen LogP) is -0.710. The van der Waals surface area contributed by atoms with Crippen LogP contribution in [0.5, 0.6) is 0 Å². The Labute approximate surface area is 58.2 Å². The molecule has 4 heteroatoms. The zero-order chi connectivity index (χ0) is 6.97. The first-order valence-corrected chi connectivity index (χ1v) is 3.05. The monoisotopic (exact) mass is 137 g/mol. The second-order valence-corrected chi connectivity index (χ2v) is 2.16. The third-order valence-corrected chi connectivity index (χ3v) is 1.48. The molecule has 1 unspecified atom stereocenters. The second-order valence-electron chi connectivity index (χ2n) is 2.16. The summed E-state index contributed by atoms with van der Waals surface area (Å²) in [6, 6.07) is 0. The van der Waals surface area contributed by atoms with Gasteiger partial charge in [0.25, 0.3) is 0 Å². The van der Waals surface area contributed by atoms with E-state index in [-0.39, 0.29) is 12.2 Å². The molecule has 0 saturated carbocycles. The minimum absolute atomic E-state index is 0.0579. The highest BCUT2D eigenvalue weighted by Crippen LogP contribution is 2.05. The molecule has 0 bridgehead atoms. The highest BCUT2D eigenvalue weighted by Gasteiger charge is 2.20. The SMILES string of the molecule is O=C1C=CN2C=CNC2N1. The van der Waals surface area contributed by atoms with Crippen molar-refractivity contribution in [3.63, 3.8) is 0 Å². The lowest BCUT2D eigenvalue weighted by Crippen LogP contribution is -2.50. The summed E-state index contributed by atoms with van der Waals surface area (Å²) in [6.45, 7) is 0. The summed E-state index contributed by atoms with van der Waals surface area (Å²) < 4.78 is 0. The van der Waals surface area contributed by atoms with Crippen LogP contribution in [-0.2, 0) is 4.79 Å². The number of nitrogens with one attached hydrogen (secondary N) is 2. The number of carbonyl (C=O) groups excluding carboxylic acids is 1. The van der Waals surface area contributed by atoms with Gasteiger partial charge in [-0.05, 0) is 0 Å². The fourth-order valence-electron chi connectivity index (χ4n) is 0.981. The number of nitrogens with zero attached hydrogens (tertiary/aromatic N) is 1. The summed E-state index contributed by atoms with van der Waals surface area (Å²) in [6.07, 6.45) is 6.81. The van der Waals surface area contributed by atoms with Gasteiger partial charge in [0.1, 0.15) is 0 Å². The van der Waals surface area contributed by atoms with Crippen molar-refractivity contribution in [3.05, 3.63) is 24.7 Å². The van der Waals surface area contributed by atoms with Crippen molar-refractivity contribution >= 4 is 5.91 Å². The maximum atomic E-state index is 10.7. The van der Waals surface area contributed by atoms with E-state index in [1.165, 1.54) is 6.08 Å². The Morgan fingerprint density at radius 3 is 3.30 bits per heavy atom. The van der Waals surface area contributed by atoms with Gasteiger partial charge in [-0.1, -0.05) is 0 Å². The van der Waals surface area contributed by atoms with Crippen LogP contribution in [0.3, 0.4) is 0 Å². The third-order valence-electron chi connectivity index (χ3n) is 1.48. The number of carbonyl (C=O) groups is 1. The van der Waals surface area contributed by atoms with Gasteiger partial charge in [0.15, 0.2) is 6.29 Å². The summed E-state index contributed by atoms with van der Waals surface area (Å²) >= 11 is 0. The van der Waals surface area contributed by atoms with Gasteiger partial charge in [-0.2, -0.15) is 0 Å². The molecule has 2 rings (SSSR count). The van der Waals surface area contributed by atoms with E-state index in [0.717, 1.165) is 0 Å². The molecular formula is C6H7N3O. The van der Waals surface area contributed by atoms with Gasteiger partial charge in [-0.25, -0.2) is 0 Å². The Balaban J connectivity index is 2.21. The lowest BCUT2D eigenvalue weighted by molar-refractivity contribution is -0.118. The minimum atomic E-state index is -0.0718. The van der Waals surface area contributed by atoms with Crippen LogP contribution < -0.4 is 10.6 Å². The van der Waals surface area contributed by atoms with Gasteiger partial charge in [-0.15, -0.1) is 0 Å². The van der Waals surface area contributed by atoms with E-state index in [1.807, 2.05) is 11.1 Å². The number of amides is 1. The van der Waals surface area contributed by atoms with Crippen LogP contribution in [0.4, 0.5) is 0 Å². The molecular weight excluding hydrogens is 130 g/mol. The van der Waals surface area contributed by atoms with Crippen LogP contribution in [0, 0.1) is 0 Å². The van der Waals surface area contributed by atoms with Crippen molar-refractivity contribution in [1.29, 1.82) is 0 Å². The molecule has 4 nitrogen and oxygen atoms in total. The fraction of sp³-hybridized carbons (Fsp3) is 0.167. The molecule has 0 radical (unpaired) electrons. The van der Waals surface area contributed by atoms with E-state index < -0.39 is 0 Å². The molecule has 0 aliphatic carbocycles. The Morgan fingerprint density at radius 1 is 1.50 bits per heavy atom. The maximum Gasteiger partial charge on any atom is 0.248 e. The topological polar surface area (TPSA) is 44.4 Å².